The summed E-state index contributed by atoms with van der Waals surface area (Å²) < 4.78 is 5.80. The van der Waals surface area contributed by atoms with Crippen molar-refractivity contribution in [2.24, 2.45) is 0 Å². The fourth-order valence-corrected chi connectivity index (χ4v) is 2.90. The zero-order valence-corrected chi connectivity index (χ0v) is 10.0. The van der Waals surface area contributed by atoms with E-state index in [9.17, 15) is 0 Å². The van der Waals surface area contributed by atoms with Crippen LogP contribution in [-0.2, 0) is 0 Å². The van der Waals surface area contributed by atoms with Crippen molar-refractivity contribution in [2.75, 3.05) is 18.1 Å². The Kier molecular flexibility index (Phi) is 2.61. The van der Waals surface area contributed by atoms with Gasteiger partial charge in [0.25, 0.3) is 0 Å². The molecule has 0 saturated carbocycles. The summed E-state index contributed by atoms with van der Waals surface area (Å²) in [6.07, 6.45) is 0. The lowest BCUT2D eigenvalue weighted by Gasteiger charge is -2.19. The lowest BCUT2D eigenvalue weighted by molar-refractivity contribution is 0.441. The number of thioether (sulfide) groups is 1. The molecular formula is C12H14N2OS. The van der Waals surface area contributed by atoms with E-state index in [1.807, 2.05) is 23.9 Å². The standard InChI is InChI=1S/C12H14N2OS/c1-8-3-2-4-10-11(8)14-12(15-10)9-7-16-6-5-13-9/h2-4,9,13H,5-7H2,1H3. The summed E-state index contributed by atoms with van der Waals surface area (Å²) in [5.74, 6) is 3.05. The van der Waals surface area contributed by atoms with Gasteiger partial charge in [-0.05, 0) is 18.6 Å². The minimum absolute atomic E-state index is 0.269. The minimum Gasteiger partial charge on any atom is -0.439 e. The predicted molar refractivity (Wildman–Crippen MR) is 66.8 cm³/mol. The van der Waals surface area contributed by atoms with Gasteiger partial charge in [-0.15, -0.1) is 0 Å². The third-order valence-corrected chi connectivity index (χ3v) is 3.92. The number of benzene rings is 1. The van der Waals surface area contributed by atoms with Crippen LogP contribution in [0.1, 0.15) is 17.5 Å². The number of rotatable bonds is 1. The van der Waals surface area contributed by atoms with Crippen LogP contribution in [0.4, 0.5) is 0 Å². The molecule has 0 aliphatic carbocycles. The molecule has 1 aliphatic heterocycles. The third-order valence-electron chi connectivity index (χ3n) is 2.86. The number of fused-ring (bicyclic) bond motifs is 1. The first-order valence-electron chi connectivity index (χ1n) is 5.52. The van der Waals surface area contributed by atoms with E-state index in [-0.39, 0.29) is 6.04 Å². The van der Waals surface area contributed by atoms with Crippen molar-refractivity contribution in [1.29, 1.82) is 0 Å². The van der Waals surface area contributed by atoms with Gasteiger partial charge in [-0.2, -0.15) is 11.8 Å². The summed E-state index contributed by atoms with van der Waals surface area (Å²) >= 11 is 1.95. The fraction of sp³-hybridized carbons (Fsp3) is 0.417. The van der Waals surface area contributed by atoms with E-state index in [1.165, 1.54) is 11.3 Å². The van der Waals surface area contributed by atoms with E-state index >= 15 is 0 Å². The van der Waals surface area contributed by atoms with Gasteiger partial charge in [-0.3, -0.25) is 0 Å². The van der Waals surface area contributed by atoms with E-state index in [2.05, 4.69) is 23.3 Å². The van der Waals surface area contributed by atoms with Gasteiger partial charge in [0, 0.05) is 18.1 Å². The summed E-state index contributed by atoms with van der Waals surface area (Å²) in [5, 5.41) is 3.44. The first-order chi connectivity index (χ1) is 7.84. The molecule has 0 radical (unpaired) electrons. The van der Waals surface area contributed by atoms with Crippen LogP contribution in [0.2, 0.25) is 0 Å². The Morgan fingerprint density at radius 1 is 1.50 bits per heavy atom. The van der Waals surface area contributed by atoms with Crippen LogP contribution in [0.5, 0.6) is 0 Å². The molecule has 1 aromatic carbocycles. The van der Waals surface area contributed by atoms with E-state index < -0.39 is 0 Å². The number of aromatic nitrogens is 1. The minimum atomic E-state index is 0.269. The van der Waals surface area contributed by atoms with Crippen LogP contribution in [0.15, 0.2) is 22.6 Å². The Morgan fingerprint density at radius 3 is 3.19 bits per heavy atom. The highest BCUT2D eigenvalue weighted by Gasteiger charge is 2.20. The zero-order valence-electron chi connectivity index (χ0n) is 9.19. The maximum absolute atomic E-state index is 5.80. The molecule has 3 nitrogen and oxygen atoms in total. The molecule has 0 amide bonds. The van der Waals surface area contributed by atoms with E-state index in [1.54, 1.807) is 0 Å². The summed E-state index contributed by atoms with van der Waals surface area (Å²) in [7, 11) is 0. The average Bonchev–Trinajstić information content (AvgIpc) is 2.76. The molecule has 2 aromatic rings. The van der Waals surface area contributed by atoms with Crippen molar-refractivity contribution in [3.05, 3.63) is 29.7 Å². The fourth-order valence-electron chi connectivity index (χ4n) is 1.98. The normalized spacial score (nSPS) is 21.4. The Labute approximate surface area is 98.6 Å². The van der Waals surface area contributed by atoms with Crippen molar-refractivity contribution >= 4 is 22.9 Å². The van der Waals surface area contributed by atoms with Gasteiger partial charge in [0.1, 0.15) is 5.52 Å². The average molecular weight is 234 g/mol. The van der Waals surface area contributed by atoms with Gasteiger partial charge in [-0.1, -0.05) is 12.1 Å². The Morgan fingerprint density at radius 2 is 2.44 bits per heavy atom. The smallest absolute Gasteiger partial charge is 0.213 e. The number of aryl methyl sites for hydroxylation is 1. The molecule has 0 spiro atoms. The Hall–Kier alpha value is -1.00. The van der Waals surface area contributed by atoms with Gasteiger partial charge in [0.15, 0.2) is 5.58 Å². The first kappa shape index (κ1) is 10.2. The number of hydrogen-bond acceptors (Lipinski definition) is 4. The van der Waals surface area contributed by atoms with Crippen LogP contribution < -0.4 is 5.32 Å². The lowest BCUT2D eigenvalue weighted by Crippen LogP contribution is -2.30. The molecule has 4 heteroatoms. The van der Waals surface area contributed by atoms with Gasteiger partial charge in [0.2, 0.25) is 5.89 Å². The topological polar surface area (TPSA) is 38.1 Å². The summed E-state index contributed by atoms with van der Waals surface area (Å²) in [4.78, 5) is 4.59. The van der Waals surface area contributed by atoms with Gasteiger partial charge in [0.05, 0.1) is 6.04 Å². The van der Waals surface area contributed by atoms with E-state index in [4.69, 9.17) is 4.42 Å². The van der Waals surface area contributed by atoms with Crippen molar-refractivity contribution in [1.82, 2.24) is 10.3 Å². The first-order valence-corrected chi connectivity index (χ1v) is 6.67. The van der Waals surface area contributed by atoms with Gasteiger partial charge >= 0.3 is 0 Å². The Bertz CT molecular complexity index is 503. The second kappa shape index (κ2) is 4.11. The van der Waals surface area contributed by atoms with E-state index in [0.29, 0.717) is 0 Å². The highest BCUT2D eigenvalue weighted by atomic mass is 32.2. The Balaban J connectivity index is 2.01. The highest BCUT2D eigenvalue weighted by Crippen LogP contribution is 2.26. The lowest BCUT2D eigenvalue weighted by atomic mass is 10.2. The predicted octanol–water partition coefficient (Wildman–Crippen LogP) is 2.51. The van der Waals surface area contributed by atoms with Crippen LogP contribution in [0.3, 0.4) is 0 Å². The van der Waals surface area contributed by atoms with Crippen LogP contribution in [0, 0.1) is 6.92 Å². The molecule has 1 unspecified atom stereocenters. The summed E-state index contributed by atoms with van der Waals surface area (Å²) in [6, 6.07) is 6.33. The SMILES string of the molecule is Cc1cccc2oc(C3CSCCN3)nc12. The maximum atomic E-state index is 5.80. The van der Waals surface area contributed by atoms with Crippen LogP contribution in [-0.4, -0.2) is 23.0 Å². The van der Waals surface area contributed by atoms with Crippen LogP contribution >= 0.6 is 11.8 Å². The van der Waals surface area contributed by atoms with Crippen LogP contribution in [0.25, 0.3) is 11.1 Å². The molecule has 84 valence electrons. The molecule has 2 heterocycles. The molecule has 0 bridgehead atoms. The summed E-state index contributed by atoms with van der Waals surface area (Å²) in [6.45, 7) is 3.10. The molecule has 1 aromatic heterocycles. The molecular weight excluding hydrogens is 220 g/mol. The monoisotopic (exact) mass is 234 g/mol. The number of nitrogens with one attached hydrogen (secondary N) is 1. The zero-order chi connectivity index (χ0) is 11.0. The second-order valence-corrected chi connectivity index (χ2v) is 5.21. The summed E-state index contributed by atoms with van der Waals surface area (Å²) in [5.41, 5.74) is 3.07. The molecule has 1 fully saturated rings. The quantitative estimate of drug-likeness (QED) is 0.822. The largest absolute Gasteiger partial charge is 0.439 e. The van der Waals surface area contributed by atoms with E-state index in [0.717, 1.165) is 29.3 Å². The molecule has 3 rings (SSSR count). The highest BCUT2D eigenvalue weighted by molar-refractivity contribution is 7.99. The number of nitrogens with zero attached hydrogens (tertiary/aromatic N) is 1. The van der Waals surface area contributed by atoms with Crippen molar-refractivity contribution < 1.29 is 4.42 Å². The second-order valence-electron chi connectivity index (χ2n) is 4.06. The maximum Gasteiger partial charge on any atom is 0.213 e. The third kappa shape index (κ3) is 1.72. The molecule has 1 aliphatic rings. The number of oxazole rings is 1. The van der Waals surface area contributed by atoms with Gasteiger partial charge in [-0.25, -0.2) is 4.98 Å². The molecule has 1 N–H and O–H groups in total. The van der Waals surface area contributed by atoms with Gasteiger partial charge < -0.3 is 9.73 Å². The number of para-hydroxylation sites is 1. The van der Waals surface area contributed by atoms with Crippen molar-refractivity contribution in [3.8, 4) is 0 Å². The molecule has 1 saturated heterocycles. The molecule has 1 atom stereocenters. The molecule has 16 heavy (non-hydrogen) atoms. The van der Waals surface area contributed by atoms with Crippen molar-refractivity contribution in [3.63, 3.8) is 0 Å². The number of hydrogen-bond donors (Lipinski definition) is 1. The van der Waals surface area contributed by atoms with Crippen molar-refractivity contribution in [2.45, 2.75) is 13.0 Å².